The van der Waals surface area contributed by atoms with Crippen molar-refractivity contribution >= 4 is 29.2 Å². The van der Waals surface area contributed by atoms with E-state index in [0.29, 0.717) is 35.6 Å². The molecule has 4 N–H and O–H groups in total. The zero-order valence-corrected chi connectivity index (χ0v) is 18.0. The van der Waals surface area contributed by atoms with Crippen LogP contribution in [0.2, 0.25) is 0 Å². The van der Waals surface area contributed by atoms with Crippen molar-refractivity contribution in [2.75, 3.05) is 25.6 Å². The average Bonchev–Trinajstić information content (AvgIpc) is 3.34. The number of aliphatic hydroxyl groups is 1. The number of aldehydes is 1. The van der Waals surface area contributed by atoms with Crippen molar-refractivity contribution in [2.24, 2.45) is 5.73 Å². The summed E-state index contributed by atoms with van der Waals surface area (Å²) in [5.41, 5.74) is 8.82. The predicted octanol–water partition coefficient (Wildman–Crippen LogP) is 1.91. The SMILES string of the molecule is CCn1nc(C)cc1C=O.CNc1nc2cc(C(N)=O)cc3c2n1C(CCCO)CO3. The number of rotatable bonds is 7. The lowest BCUT2D eigenvalue weighted by atomic mass is 10.1. The van der Waals surface area contributed by atoms with Crippen LogP contribution in [0.15, 0.2) is 18.2 Å². The fourth-order valence-corrected chi connectivity index (χ4v) is 3.69. The Morgan fingerprint density at radius 2 is 2.19 bits per heavy atom. The molecule has 0 saturated heterocycles. The quantitative estimate of drug-likeness (QED) is 0.489. The zero-order chi connectivity index (χ0) is 22.5. The topological polar surface area (TPSA) is 137 Å². The summed E-state index contributed by atoms with van der Waals surface area (Å²) in [7, 11) is 1.80. The second-order valence-corrected chi connectivity index (χ2v) is 7.24. The van der Waals surface area contributed by atoms with E-state index in [4.69, 9.17) is 15.6 Å². The third kappa shape index (κ3) is 4.53. The van der Waals surface area contributed by atoms with Crippen LogP contribution in [0.3, 0.4) is 0 Å². The molecule has 1 amide bonds. The number of carbonyl (C=O) groups is 2. The Morgan fingerprint density at radius 3 is 2.77 bits per heavy atom. The molecule has 0 spiro atoms. The van der Waals surface area contributed by atoms with Gasteiger partial charge in [-0.15, -0.1) is 0 Å². The summed E-state index contributed by atoms with van der Waals surface area (Å²) in [6.45, 7) is 5.21. The van der Waals surface area contributed by atoms with Gasteiger partial charge in [0.25, 0.3) is 0 Å². The third-order valence-corrected chi connectivity index (χ3v) is 5.10. The van der Waals surface area contributed by atoms with E-state index in [1.54, 1.807) is 29.9 Å². The maximum Gasteiger partial charge on any atom is 0.248 e. The van der Waals surface area contributed by atoms with Crippen molar-refractivity contribution in [2.45, 2.75) is 39.3 Å². The van der Waals surface area contributed by atoms with Gasteiger partial charge >= 0.3 is 0 Å². The molecule has 1 aliphatic heterocycles. The molecular weight excluding hydrogens is 400 g/mol. The molecule has 0 radical (unpaired) electrons. The number of amides is 1. The average molecular weight is 428 g/mol. The predicted molar refractivity (Wildman–Crippen MR) is 117 cm³/mol. The number of hydrogen-bond acceptors (Lipinski definition) is 7. The molecule has 0 fully saturated rings. The van der Waals surface area contributed by atoms with E-state index in [2.05, 4.69) is 20.0 Å². The molecule has 1 atom stereocenters. The number of nitrogens with zero attached hydrogens (tertiary/aromatic N) is 4. The first kappa shape index (κ1) is 22.3. The summed E-state index contributed by atoms with van der Waals surface area (Å²) in [4.78, 5) is 26.2. The maximum absolute atomic E-state index is 11.4. The van der Waals surface area contributed by atoms with Gasteiger partial charge in [-0.25, -0.2) is 4.98 Å². The number of aryl methyl sites for hydroxylation is 2. The molecule has 0 saturated carbocycles. The fourth-order valence-electron chi connectivity index (χ4n) is 3.69. The molecule has 166 valence electrons. The second-order valence-electron chi connectivity index (χ2n) is 7.24. The number of ether oxygens (including phenoxy) is 1. The number of aliphatic hydroxyl groups excluding tert-OH is 1. The number of nitrogens with two attached hydrogens (primary N) is 1. The number of carbonyl (C=O) groups excluding carboxylic acids is 2. The van der Waals surface area contributed by atoms with Gasteiger partial charge in [0.1, 0.15) is 23.6 Å². The molecule has 3 aromatic rings. The van der Waals surface area contributed by atoms with Crippen molar-refractivity contribution in [1.82, 2.24) is 19.3 Å². The molecule has 1 aromatic carbocycles. The van der Waals surface area contributed by atoms with E-state index in [0.717, 1.165) is 36.4 Å². The van der Waals surface area contributed by atoms with E-state index >= 15 is 0 Å². The maximum atomic E-state index is 11.4. The van der Waals surface area contributed by atoms with Crippen molar-refractivity contribution < 1.29 is 19.4 Å². The summed E-state index contributed by atoms with van der Waals surface area (Å²) in [6, 6.07) is 5.22. The smallest absolute Gasteiger partial charge is 0.248 e. The first-order valence-corrected chi connectivity index (χ1v) is 10.2. The Bertz CT molecular complexity index is 1090. The molecule has 1 aliphatic rings. The summed E-state index contributed by atoms with van der Waals surface area (Å²) < 4.78 is 9.54. The minimum Gasteiger partial charge on any atom is -0.489 e. The minimum absolute atomic E-state index is 0.108. The van der Waals surface area contributed by atoms with E-state index in [1.165, 1.54) is 0 Å². The molecule has 2 aromatic heterocycles. The van der Waals surface area contributed by atoms with Gasteiger partial charge < -0.3 is 25.5 Å². The highest BCUT2D eigenvalue weighted by molar-refractivity contribution is 5.99. The zero-order valence-electron chi connectivity index (χ0n) is 18.0. The molecule has 31 heavy (non-hydrogen) atoms. The van der Waals surface area contributed by atoms with Gasteiger partial charge in [0.2, 0.25) is 11.9 Å². The molecular formula is C21H28N6O4. The molecule has 4 rings (SSSR count). The number of benzene rings is 1. The Morgan fingerprint density at radius 1 is 1.42 bits per heavy atom. The summed E-state index contributed by atoms with van der Waals surface area (Å²) in [5, 5.41) is 16.2. The second kappa shape index (κ2) is 9.61. The van der Waals surface area contributed by atoms with Gasteiger partial charge in [0.15, 0.2) is 6.29 Å². The molecule has 10 heteroatoms. The third-order valence-electron chi connectivity index (χ3n) is 5.10. The number of hydrogen-bond donors (Lipinski definition) is 3. The lowest BCUT2D eigenvalue weighted by Crippen LogP contribution is -2.24. The monoisotopic (exact) mass is 428 g/mol. The largest absolute Gasteiger partial charge is 0.489 e. The standard InChI is InChI=1S/C14H18N4O3.C7H10N2O/c1-16-14-17-10-5-8(13(15)20)6-11-12(10)18(14)9(7-21-11)3-2-4-19;1-3-9-7(5-10)4-6(2)8-9/h5-6,9,19H,2-4,7H2,1H3,(H2,15,20)(H,16,17);4-5H,3H2,1-2H3. The van der Waals surface area contributed by atoms with Gasteiger partial charge in [0, 0.05) is 25.8 Å². The molecule has 1 unspecified atom stereocenters. The summed E-state index contributed by atoms with van der Waals surface area (Å²) in [6.07, 6.45) is 2.32. The number of aromatic nitrogens is 4. The van der Waals surface area contributed by atoms with Crippen LogP contribution in [-0.4, -0.2) is 56.9 Å². The Kier molecular flexibility index (Phi) is 6.91. The number of imidazole rings is 1. The van der Waals surface area contributed by atoms with E-state index < -0.39 is 5.91 Å². The minimum atomic E-state index is -0.500. The van der Waals surface area contributed by atoms with Crippen LogP contribution in [0.5, 0.6) is 5.75 Å². The van der Waals surface area contributed by atoms with Crippen molar-refractivity contribution in [3.63, 3.8) is 0 Å². The lowest BCUT2D eigenvalue weighted by Gasteiger charge is -2.27. The van der Waals surface area contributed by atoms with E-state index in [-0.39, 0.29) is 12.6 Å². The van der Waals surface area contributed by atoms with E-state index in [1.807, 2.05) is 13.8 Å². The Labute approximate surface area is 180 Å². The van der Waals surface area contributed by atoms with Crippen LogP contribution in [0, 0.1) is 6.92 Å². The van der Waals surface area contributed by atoms with Gasteiger partial charge in [-0.3, -0.25) is 14.3 Å². The molecule has 10 nitrogen and oxygen atoms in total. The number of nitrogens with one attached hydrogen (secondary N) is 1. The molecule has 3 heterocycles. The first-order chi connectivity index (χ1) is 14.9. The highest BCUT2D eigenvalue weighted by Gasteiger charge is 2.27. The molecule has 0 bridgehead atoms. The van der Waals surface area contributed by atoms with Gasteiger partial charge in [-0.2, -0.15) is 5.10 Å². The van der Waals surface area contributed by atoms with Crippen LogP contribution in [0.1, 0.15) is 52.3 Å². The molecule has 0 aliphatic carbocycles. The van der Waals surface area contributed by atoms with Crippen molar-refractivity contribution in [3.8, 4) is 5.75 Å². The van der Waals surface area contributed by atoms with Crippen LogP contribution >= 0.6 is 0 Å². The number of primary amides is 1. The lowest BCUT2D eigenvalue weighted by molar-refractivity contribution is 0.0999. The van der Waals surface area contributed by atoms with Crippen molar-refractivity contribution in [1.29, 1.82) is 0 Å². The van der Waals surface area contributed by atoms with Crippen LogP contribution in [0.4, 0.5) is 5.95 Å². The summed E-state index contributed by atoms with van der Waals surface area (Å²) >= 11 is 0. The Balaban J connectivity index is 0.000000229. The normalized spacial score (nSPS) is 14.5. The van der Waals surface area contributed by atoms with Gasteiger partial charge in [-0.05, 0) is 44.9 Å². The highest BCUT2D eigenvalue weighted by Crippen LogP contribution is 2.38. The first-order valence-electron chi connectivity index (χ1n) is 10.2. The van der Waals surface area contributed by atoms with Crippen LogP contribution in [-0.2, 0) is 6.54 Å². The van der Waals surface area contributed by atoms with Gasteiger partial charge in [0.05, 0.1) is 17.3 Å². The summed E-state index contributed by atoms with van der Waals surface area (Å²) in [5.74, 6) is 0.842. The van der Waals surface area contributed by atoms with Crippen LogP contribution in [0.25, 0.3) is 11.0 Å². The van der Waals surface area contributed by atoms with Crippen molar-refractivity contribution in [3.05, 3.63) is 35.2 Å². The fraction of sp³-hybridized carbons (Fsp3) is 0.429. The Hall–Kier alpha value is -3.40. The van der Waals surface area contributed by atoms with Gasteiger partial charge in [-0.1, -0.05) is 0 Å². The highest BCUT2D eigenvalue weighted by atomic mass is 16.5. The van der Waals surface area contributed by atoms with Crippen LogP contribution < -0.4 is 15.8 Å². The van der Waals surface area contributed by atoms with E-state index in [9.17, 15) is 9.59 Å². The number of anilines is 1.